The summed E-state index contributed by atoms with van der Waals surface area (Å²) >= 11 is 0. The van der Waals surface area contributed by atoms with Gasteiger partial charge in [-0.1, -0.05) is 29.8 Å². The molecular formula is C16H18N2O2. The van der Waals surface area contributed by atoms with Gasteiger partial charge in [0.05, 0.1) is 0 Å². The zero-order chi connectivity index (χ0) is 14.7. The molecule has 4 nitrogen and oxygen atoms in total. The monoisotopic (exact) mass is 270 g/mol. The highest BCUT2D eigenvalue weighted by Gasteiger charge is 2.15. The van der Waals surface area contributed by atoms with E-state index in [1.165, 1.54) is 5.56 Å². The Kier molecular flexibility index (Phi) is 4.03. The Hall–Kier alpha value is -2.36. The molecule has 0 radical (unpaired) electrons. The van der Waals surface area contributed by atoms with E-state index in [4.69, 9.17) is 0 Å². The van der Waals surface area contributed by atoms with Gasteiger partial charge in [0.1, 0.15) is 11.4 Å². The number of aromatic carboxylic acids is 1. The first-order valence-electron chi connectivity index (χ1n) is 6.45. The summed E-state index contributed by atoms with van der Waals surface area (Å²) in [6, 6.07) is 11.5. The lowest BCUT2D eigenvalue weighted by molar-refractivity contribution is 0.0697. The van der Waals surface area contributed by atoms with Crippen LogP contribution in [0, 0.1) is 13.8 Å². The molecule has 0 amide bonds. The average molecular weight is 270 g/mol. The van der Waals surface area contributed by atoms with Crippen molar-refractivity contribution < 1.29 is 9.90 Å². The minimum absolute atomic E-state index is 0.228. The number of aromatic nitrogens is 1. The van der Waals surface area contributed by atoms with Crippen LogP contribution in [0.25, 0.3) is 0 Å². The normalized spacial score (nSPS) is 10.3. The molecule has 0 saturated carbocycles. The molecule has 0 unspecified atom stereocenters. The first kappa shape index (κ1) is 14.1. The van der Waals surface area contributed by atoms with E-state index < -0.39 is 5.97 Å². The summed E-state index contributed by atoms with van der Waals surface area (Å²) < 4.78 is 0. The lowest BCUT2D eigenvalue weighted by Gasteiger charge is -2.20. The van der Waals surface area contributed by atoms with Gasteiger partial charge in [0.2, 0.25) is 0 Å². The predicted octanol–water partition coefficient (Wildman–Crippen LogP) is 3.03. The van der Waals surface area contributed by atoms with Gasteiger partial charge in [0.25, 0.3) is 0 Å². The van der Waals surface area contributed by atoms with Crippen molar-refractivity contribution in [2.24, 2.45) is 0 Å². The van der Waals surface area contributed by atoms with Gasteiger partial charge in [-0.15, -0.1) is 0 Å². The zero-order valence-corrected chi connectivity index (χ0v) is 11.9. The lowest BCUT2D eigenvalue weighted by Crippen LogP contribution is -2.21. The van der Waals surface area contributed by atoms with Crippen LogP contribution in [-0.2, 0) is 6.54 Å². The quantitative estimate of drug-likeness (QED) is 0.927. The number of carboxylic acid groups (broad SMARTS) is 1. The fraction of sp³-hybridized carbons (Fsp3) is 0.250. The van der Waals surface area contributed by atoms with Gasteiger partial charge in [0.15, 0.2) is 0 Å². The van der Waals surface area contributed by atoms with Crippen LogP contribution < -0.4 is 4.90 Å². The number of nitrogens with zero attached hydrogens (tertiary/aromatic N) is 2. The molecule has 2 rings (SSSR count). The number of benzene rings is 1. The smallest absolute Gasteiger partial charge is 0.339 e. The van der Waals surface area contributed by atoms with E-state index in [0.29, 0.717) is 12.4 Å². The standard InChI is InChI=1S/C16H18N2O2/c1-11-5-4-6-13(9-11)10-18(3)15-14(16(19)20)8-7-12(2)17-15/h4-9H,10H2,1-3H3,(H,19,20). The first-order chi connectivity index (χ1) is 9.47. The van der Waals surface area contributed by atoms with Crippen molar-refractivity contribution in [3.63, 3.8) is 0 Å². The number of aryl methyl sites for hydroxylation is 2. The summed E-state index contributed by atoms with van der Waals surface area (Å²) in [6.07, 6.45) is 0. The molecule has 0 fully saturated rings. The van der Waals surface area contributed by atoms with Crippen LogP contribution in [-0.4, -0.2) is 23.1 Å². The van der Waals surface area contributed by atoms with Crippen molar-refractivity contribution >= 4 is 11.8 Å². The summed E-state index contributed by atoms with van der Waals surface area (Å²) in [6.45, 7) is 4.52. The van der Waals surface area contributed by atoms with Crippen molar-refractivity contribution in [2.75, 3.05) is 11.9 Å². The summed E-state index contributed by atoms with van der Waals surface area (Å²) in [5.41, 5.74) is 3.35. The maximum Gasteiger partial charge on any atom is 0.339 e. The summed E-state index contributed by atoms with van der Waals surface area (Å²) in [5, 5.41) is 9.25. The maximum absolute atomic E-state index is 11.3. The number of carboxylic acids is 1. The summed E-state index contributed by atoms with van der Waals surface area (Å²) in [5.74, 6) is -0.456. The molecule has 1 aromatic heterocycles. The van der Waals surface area contributed by atoms with Crippen LogP contribution in [0.4, 0.5) is 5.82 Å². The largest absolute Gasteiger partial charge is 0.478 e. The fourth-order valence-electron chi connectivity index (χ4n) is 2.16. The Morgan fingerprint density at radius 2 is 2.00 bits per heavy atom. The minimum Gasteiger partial charge on any atom is -0.478 e. The third kappa shape index (κ3) is 3.15. The lowest BCUT2D eigenvalue weighted by atomic mass is 10.1. The molecule has 20 heavy (non-hydrogen) atoms. The zero-order valence-electron chi connectivity index (χ0n) is 11.9. The van der Waals surface area contributed by atoms with E-state index in [0.717, 1.165) is 11.3 Å². The molecule has 1 heterocycles. The van der Waals surface area contributed by atoms with Gasteiger partial charge in [-0.25, -0.2) is 9.78 Å². The van der Waals surface area contributed by atoms with Gasteiger partial charge < -0.3 is 10.0 Å². The van der Waals surface area contributed by atoms with Crippen LogP contribution in [0.3, 0.4) is 0 Å². The molecule has 0 saturated heterocycles. The van der Waals surface area contributed by atoms with Crippen LogP contribution in [0.2, 0.25) is 0 Å². The summed E-state index contributed by atoms with van der Waals surface area (Å²) in [4.78, 5) is 17.5. The average Bonchev–Trinajstić information content (AvgIpc) is 2.38. The molecule has 104 valence electrons. The van der Waals surface area contributed by atoms with Crippen molar-refractivity contribution in [1.82, 2.24) is 4.98 Å². The van der Waals surface area contributed by atoms with Crippen molar-refractivity contribution in [1.29, 1.82) is 0 Å². The molecular weight excluding hydrogens is 252 g/mol. The second-order valence-electron chi connectivity index (χ2n) is 4.97. The number of rotatable bonds is 4. The topological polar surface area (TPSA) is 53.4 Å². The Balaban J connectivity index is 2.31. The highest BCUT2D eigenvalue weighted by molar-refractivity contribution is 5.93. The molecule has 0 aliphatic carbocycles. The highest BCUT2D eigenvalue weighted by Crippen LogP contribution is 2.19. The Bertz CT molecular complexity index is 638. The van der Waals surface area contributed by atoms with Crippen LogP contribution in [0.15, 0.2) is 36.4 Å². The molecule has 2 aromatic rings. The van der Waals surface area contributed by atoms with Gasteiger partial charge in [0, 0.05) is 19.3 Å². The van der Waals surface area contributed by atoms with Gasteiger partial charge >= 0.3 is 5.97 Å². The number of anilines is 1. The molecule has 1 N–H and O–H groups in total. The predicted molar refractivity (Wildman–Crippen MR) is 79.2 cm³/mol. The minimum atomic E-state index is -0.955. The third-order valence-corrected chi connectivity index (χ3v) is 3.11. The van der Waals surface area contributed by atoms with Crippen molar-refractivity contribution in [2.45, 2.75) is 20.4 Å². The van der Waals surface area contributed by atoms with Crippen molar-refractivity contribution in [3.8, 4) is 0 Å². The van der Waals surface area contributed by atoms with Gasteiger partial charge in [-0.2, -0.15) is 0 Å². The SMILES string of the molecule is Cc1cccc(CN(C)c2nc(C)ccc2C(=O)O)c1. The summed E-state index contributed by atoms with van der Waals surface area (Å²) in [7, 11) is 1.86. The Morgan fingerprint density at radius 3 is 2.65 bits per heavy atom. The number of pyridine rings is 1. The Morgan fingerprint density at radius 1 is 1.25 bits per heavy atom. The number of hydrogen-bond acceptors (Lipinski definition) is 3. The molecule has 0 spiro atoms. The van der Waals surface area contributed by atoms with Crippen molar-refractivity contribution in [3.05, 3.63) is 58.8 Å². The molecule has 0 atom stereocenters. The Labute approximate surface area is 118 Å². The molecule has 0 aliphatic heterocycles. The van der Waals surface area contributed by atoms with Gasteiger partial charge in [-0.3, -0.25) is 0 Å². The highest BCUT2D eigenvalue weighted by atomic mass is 16.4. The van der Waals surface area contributed by atoms with E-state index >= 15 is 0 Å². The molecule has 1 aromatic carbocycles. The number of carbonyl (C=O) groups is 1. The van der Waals surface area contributed by atoms with Gasteiger partial charge in [-0.05, 0) is 31.5 Å². The second-order valence-corrected chi connectivity index (χ2v) is 4.97. The van der Waals surface area contributed by atoms with E-state index in [2.05, 4.69) is 11.1 Å². The van der Waals surface area contributed by atoms with Crippen LogP contribution >= 0.6 is 0 Å². The fourth-order valence-corrected chi connectivity index (χ4v) is 2.16. The maximum atomic E-state index is 11.3. The molecule has 4 heteroatoms. The van der Waals surface area contributed by atoms with Crippen LogP contribution in [0.1, 0.15) is 27.2 Å². The van der Waals surface area contributed by atoms with E-state index in [1.807, 2.05) is 44.0 Å². The van der Waals surface area contributed by atoms with E-state index in [1.54, 1.807) is 12.1 Å². The molecule has 0 aliphatic rings. The number of hydrogen-bond donors (Lipinski definition) is 1. The third-order valence-electron chi connectivity index (χ3n) is 3.11. The second kappa shape index (κ2) is 5.74. The van der Waals surface area contributed by atoms with E-state index in [9.17, 15) is 9.90 Å². The van der Waals surface area contributed by atoms with E-state index in [-0.39, 0.29) is 5.56 Å². The molecule has 0 bridgehead atoms. The van der Waals surface area contributed by atoms with Crippen LogP contribution in [0.5, 0.6) is 0 Å². The first-order valence-corrected chi connectivity index (χ1v) is 6.45.